The Hall–Kier alpha value is -2.94. The van der Waals surface area contributed by atoms with Gasteiger partial charge in [0.1, 0.15) is 54.9 Å². The molecule has 0 amide bonds. The fourth-order valence-corrected chi connectivity index (χ4v) is 5.64. The Balaban J connectivity index is 1.44. The van der Waals surface area contributed by atoms with Gasteiger partial charge in [0.2, 0.25) is 0 Å². The van der Waals surface area contributed by atoms with Gasteiger partial charge in [-0.1, -0.05) is 70.4 Å². The Morgan fingerprint density at radius 1 is 0.500 bits per heavy atom. The molecule has 0 atom stereocenters. The van der Waals surface area contributed by atoms with Crippen LogP contribution in [0.5, 0.6) is 0 Å². The lowest BCUT2D eigenvalue weighted by atomic mass is 9.59. The predicted molar refractivity (Wildman–Crippen MR) is 186 cm³/mol. The van der Waals surface area contributed by atoms with Crippen molar-refractivity contribution in [3.05, 3.63) is 60.7 Å². The van der Waals surface area contributed by atoms with E-state index in [2.05, 4.69) is 58.0 Å². The summed E-state index contributed by atoms with van der Waals surface area (Å²) in [5, 5.41) is 3.01. The van der Waals surface area contributed by atoms with Gasteiger partial charge >= 0.3 is 7.12 Å². The van der Waals surface area contributed by atoms with Crippen molar-refractivity contribution < 1.29 is 9.31 Å². The van der Waals surface area contributed by atoms with Gasteiger partial charge in [0.15, 0.2) is 0 Å². The van der Waals surface area contributed by atoms with Crippen molar-refractivity contribution in [2.75, 3.05) is 0 Å². The van der Waals surface area contributed by atoms with E-state index >= 15 is 0 Å². The zero-order valence-corrected chi connectivity index (χ0v) is 24.2. The minimum Gasteiger partial charge on any atom is -0.399 e. The first-order valence-corrected chi connectivity index (χ1v) is 13.7. The Bertz CT molecular complexity index is 1910. The molecule has 1 aliphatic rings. The van der Waals surface area contributed by atoms with Crippen LogP contribution in [0.3, 0.4) is 0 Å². The van der Waals surface area contributed by atoms with E-state index in [0.717, 1.165) is 32.9 Å². The maximum Gasteiger partial charge on any atom is 0.494 e. The van der Waals surface area contributed by atoms with Crippen molar-refractivity contribution in [2.45, 2.75) is 38.9 Å². The fraction of sp³-hybridized carbons (Fsp3) is 0.188. The quantitative estimate of drug-likeness (QED) is 0.287. The molecule has 2 nitrogen and oxygen atoms in total. The number of benzene rings is 5. The molecule has 1 heterocycles. The van der Waals surface area contributed by atoms with Crippen LogP contribution in [0.15, 0.2) is 60.7 Å². The molecule has 0 N–H and O–H groups in total. The molecule has 1 fully saturated rings. The van der Waals surface area contributed by atoms with Gasteiger partial charge in [-0.25, -0.2) is 0 Å². The second-order valence-electron chi connectivity index (χ2n) is 12.0. The monoisotopic (exact) mass is 526 g/mol. The number of fused-ring (bicyclic) bond motifs is 2. The minimum atomic E-state index is -0.434. The van der Waals surface area contributed by atoms with Crippen LogP contribution < -0.4 is 43.7 Å². The smallest absolute Gasteiger partial charge is 0.399 e. The summed E-state index contributed by atoms with van der Waals surface area (Å²) in [5.41, 5.74) is 5.22. The van der Waals surface area contributed by atoms with E-state index in [1.165, 1.54) is 0 Å². The summed E-state index contributed by atoms with van der Waals surface area (Å²) in [6.07, 6.45) is 0. The van der Waals surface area contributed by atoms with Crippen LogP contribution in [0.4, 0.5) is 0 Å². The summed E-state index contributed by atoms with van der Waals surface area (Å²) in [6, 6.07) is 20.6. The van der Waals surface area contributed by atoms with Gasteiger partial charge in [-0.05, 0) is 89.1 Å². The van der Waals surface area contributed by atoms with E-state index < -0.39 is 18.3 Å². The lowest BCUT2D eigenvalue weighted by Crippen LogP contribution is -2.52. The van der Waals surface area contributed by atoms with Gasteiger partial charge in [0.05, 0.1) is 11.2 Å². The highest BCUT2D eigenvalue weighted by Crippen LogP contribution is 2.37. The topological polar surface area (TPSA) is 18.5 Å². The van der Waals surface area contributed by atoms with E-state index in [1.807, 2.05) is 30.3 Å². The molecule has 0 unspecified atom stereocenters. The van der Waals surface area contributed by atoms with Gasteiger partial charge in [0.25, 0.3) is 0 Å². The highest BCUT2D eigenvalue weighted by Gasteiger charge is 2.51. The molecule has 0 aromatic heterocycles. The number of hydrogen-bond donors (Lipinski definition) is 0. The first kappa shape index (κ1) is 29.1. The van der Waals surface area contributed by atoms with Crippen LogP contribution >= 0.6 is 0 Å². The van der Waals surface area contributed by atoms with E-state index in [0.29, 0.717) is 21.8 Å². The second-order valence-corrected chi connectivity index (χ2v) is 12.0. The Labute approximate surface area is 257 Å². The van der Waals surface area contributed by atoms with Gasteiger partial charge < -0.3 is 9.31 Å². The lowest BCUT2D eigenvalue weighted by molar-refractivity contribution is 0.00578. The van der Waals surface area contributed by atoms with Crippen molar-refractivity contribution in [1.29, 1.82) is 0 Å². The molecule has 186 valence electrons. The summed E-state index contributed by atoms with van der Waals surface area (Å²) >= 11 is 0. The Morgan fingerprint density at radius 3 is 1.57 bits per heavy atom. The molecule has 0 aliphatic carbocycles. The molecule has 0 saturated carbocycles. The summed E-state index contributed by atoms with van der Waals surface area (Å²) in [5.74, 6) is 0. The van der Waals surface area contributed by atoms with Gasteiger partial charge in [-0.3, -0.25) is 0 Å². The third-order valence-electron chi connectivity index (χ3n) is 8.90. The highest BCUT2D eigenvalue weighted by molar-refractivity contribution is 6.71. The molecule has 10 heteroatoms. The molecule has 42 heavy (non-hydrogen) atoms. The molecule has 0 spiro atoms. The molecular weight excluding hydrogens is 503 g/mol. The molecule has 1 aliphatic heterocycles. The zero-order chi connectivity index (χ0) is 30.3. The number of rotatable bonds is 3. The maximum atomic E-state index is 6.54. The molecule has 6 rings (SSSR count). The Kier molecular flexibility index (Phi) is 6.99. The fourth-order valence-electron chi connectivity index (χ4n) is 5.64. The van der Waals surface area contributed by atoms with Crippen molar-refractivity contribution in [3.63, 3.8) is 0 Å². The molecule has 5 aromatic rings. The third kappa shape index (κ3) is 4.45. The number of hydrogen-bond acceptors (Lipinski definition) is 2. The van der Waals surface area contributed by atoms with Gasteiger partial charge in [0, 0.05) is 0 Å². The predicted octanol–water partition coefficient (Wildman–Crippen LogP) is -0.817. The van der Waals surface area contributed by atoms with E-state index in [1.54, 1.807) is 0 Å². The zero-order valence-electron chi connectivity index (χ0n) is 24.2. The molecule has 14 radical (unpaired) electrons. The first-order valence-electron chi connectivity index (χ1n) is 13.7. The Morgan fingerprint density at radius 2 is 0.976 bits per heavy atom. The minimum absolute atomic E-state index is 0.162. The first-order chi connectivity index (χ1) is 19.7. The van der Waals surface area contributed by atoms with Gasteiger partial charge in [-0.15, -0.1) is 16.4 Å². The summed E-state index contributed by atoms with van der Waals surface area (Å²) in [7, 11) is 43.9. The van der Waals surface area contributed by atoms with Crippen LogP contribution in [0.1, 0.15) is 27.7 Å². The summed E-state index contributed by atoms with van der Waals surface area (Å²) in [4.78, 5) is 0. The van der Waals surface area contributed by atoms with Crippen LogP contribution in [-0.2, 0) is 9.31 Å². The SMILES string of the molecule is [B]c1c([B])c([B])c2c(-c3ccc4cc(-c5cccc(B6OC(C)(C)C(C)(C)O6)c5)ccc4c3)c([B])c([B])c([B])c2c1[B]. The lowest BCUT2D eigenvalue weighted by Gasteiger charge is -2.32. The largest absolute Gasteiger partial charge is 0.494 e. The standard InChI is InChI=1S/C32H22B8O2/c1-31(2)32(3,4)42-40(41-31)20-7-5-6-15(14-20)16-8-9-18-13-19(11-10-17(18)12-16)21-22-23(26(35)28(37)24(21)33)27(36)30(39)29(38)25(22)34/h5-14H,1-4H3. The highest BCUT2D eigenvalue weighted by atomic mass is 16.7. The molecular formula is C32H22B8O2. The van der Waals surface area contributed by atoms with Crippen LogP contribution in [-0.4, -0.2) is 73.2 Å². The maximum absolute atomic E-state index is 6.54. The van der Waals surface area contributed by atoms with Crippen molar-refractivity contribution in [1.82, 2.24) is 0 Å². The third-order valence-corrected chi connectivity index (χ3v) is 8.90. The molecule has 0 bridgehead atoms. The van der Waals surface area contributed by atoms with Crippen LogP contribution in [0, 0.1) is 0 Å². The van der Waals surface area contributed by atoms with Crippen LogP contribution in [0.25, 0.3) is 43.8 Å². The average Bonchev–Trinajstić information content (AvgIpc) is 3.19. The average molecular weight is 525 g/mol. The van der Waals surface area contributed by atoms with Crippen molar-refractivity contribution >= 4 is 127 Å². The van der Waals surface area contributed by atoms with E-state index in [4.69, 9.17) is 64.2 Å². The van der Waals surface area contributed by atoms with Crippen molar-refractivity contribution in [3.8, 4) is 22.3 Å². The summed E-state index contributed by atoms with van der Waals surface area (Å²) < 4.78 is 12.5. The molecule has 1 saturated heterocycles. The van der Waals surface area contributed by atoms with E-state index in [-0.39, 0.29) is 32.8 Å². The normalized spacial score (nSPS) is 16.0. The van der Waals surface area contributed by atoms with Crippen molar-refractivity contribution in [2.24, 2.45) is 0 Å². The molecule has 5 aromatic carbocycles. The van der Waals surface area contributed by atoms with Gasteiger partial charge in [-0.2, -0.15) is 0 Å². The van der Waals surface area contributed by atoms with Crippen LogP contribution in [0.2, 0.25) is 0 Å². The second kappa shape index (κ2) is 10.1. The van der Waals surface area contributed by atoms with E-state index in [9.17, 15) is 0 Å². The summed E-state index contributed by atoms with van der Waals surface area (Å²) in [6.45, 7) is 8.21.